The molecule has 0 spiro atoms. The number of pyridine rings is 1. The Balaban J connectivity index is 2.83. The zero-order chi connectivity index (χ0) is 10.6. The van der Waals surface area contributed by atoms with E-state index < -0.39 is 4.92 Å². The molecule has 0 fully saturated rings. The zero-order valence-corrected chi connectivity index (χ0v) is 7.80. The summed E-state index contributed by atoms with van der Waals surface area (Å²) in [5.74, 6) is 0.478. The lowest BCUT2D eigenvalue weighted by Gasteiger charge is -2.08. The van der Waals surface area contributed by atoms with Crippen molar-refractivity contribution in [2.24, 2.45) is 0 Å². The van der Waals surface area contributed by atoms with Crippen LogP contribution in [0.1, 0.15) is 6.92 Å². The molecule has 74 valence electrons. The van der Waals surface area contributed by atoms with Gasteiger partial charge < -0.3 is 5.32 Å². The van der Waals surface area contributed by atoms with Crippen LogP contribution in [0.25, 0.3) is 0 Å². The largest absolute Gasteiger partial charge is 0.364 e. The minimum absolute atomic E-state index is 0.0266. The van der Waals surface area contributed by atoms with Gasteiger partial charge >= 0.3 is 0 Å². The van der Waals surface area contributed by atoms with E-state index in [0.29, 0.717) is 5.82 Å². The summed E-state index contributed by atoms with van der Waals surface area (Å²) < 4.78 is 0. The second-order valence-corrected chi connectivity index (χ2v) is 2.83. The summed E-state index contributed by atoms with van der Waals surface area (Å²) in [6, 6.07) is 2.77. The van der Waals surface area contributed by atoms with E-state index in [1.54, 1.807) is 6.08 Å². The first-order chi connectivity index (χ1) is 6.63. The smallest absolute Gasteiger partial charge is 0.274 e. The number of hydrogen-bond acceptors (Lipinski definition) is 4. The van der Waals surface area contributed by atoms with Crippen LogP contribution in [0.2, 0.25) is 0 Å². The predicted octanol–water partition coefficient (Wildman–Crippen LogP) is 1.98. The number of hydrogen-bond donors (Lipinski definition) is 1. The minimum Gasteiger partial charge on any atom is -0.364 e. The first-order valence-corrected chi connectivity index (χ1v) is 4.13. The van der Waals surface area contributed by atoms with Gasteiger partial charge in [0.15, 0.2) is 0 Å². The lowest BCUT2D eigenvalue weighted by molar-refractivity contribution is -0.384. The maximum absolute atomic E-state index is 10.4. The van der Waals surface area contributed by atoms with Crippen molar-refractivity contribution in [2.75, 3.05) is 5.32 Å². The second kappa shape index (κ2) is 4.36. The van der Waals surface area contributed by atoms with Gasteiger partial charge in [-0.3, -0.25) is 10.1 Å². The van der Waals surface area contributed by atoms with Crippen LogP contribution in [-0.4, -0.2) is 15.9 Å². The molecule has 0 aliphatic heterocycles. The lowest BCUT2D eigenvalue weighted by atomic mass is 10.3. The third-order valence-electron chi connectivity index (χ3n) is 1.68. The van der Waals surface area contributed by atoms with Gasteiger partial charge in [0.2, 0.25) is 0 Å². The van der Waals surface area contributed by atoms with Crippen molar-refractivity contribution in [2.45, 2.75) is 13.0 Å². The highest BCUT2D eigenvalue weighted by Gasteiger charge is 2.06. The summed E-state index contributed by atoms with van der Waals surface area (Å²) in [6.45, 7) is 5.47. The Labute approximate surface area is 81.6 Å². The number of nitrogens with one attached hydrogen (secondary N) is 1. The second-order valence-electron chi connectivity index (χ2n) is 2.83. The summed E-state index contributed by atoms with van der Waals surface area (Å²) >= 11 is 0. The average molecular weight is 193 g/mol. The number of rotatable bonds is 4. The molecule has 0 amide bonds. The maximum Gasteiger partial charge on any atom is 0.274 e. The number of aromatic nitrogens is 1. The molecule has 5 heteroatoms. The quantitative estimate of drug-likeness (QED) is 0.451. The van der Waals surface area contributed by atoms with E-state index in [1.165, 1.54) is 18.3 Å². The summed E-state index contributed by atoms with van der Waals surface area (Å²) in [7, 11) is 0. The molecule has 1 heterocycles. The van der Waals surface area contributed by atoms with Gasteiger partial charge in [0.05, 0.1) is 11.0 Å². The van der Waals surface area contributed by atoms with Crippen molar-refractivity contribution in [1.29, 1.82) is 0 Å². The van der Waals surface area contributed by atoms with Crippen LogP contribution in [0.4, 0.5) is 11.5 Å². The average Bonchev–Trinajstić information content (AvgIpc) is 2.18. The highest BCUT2D eigenvalue weighted by Crippen LogP contribution is 2.14. The van der Waals surface area contributed by atoms with E-state index in [0.717, 1.165) is 0 Å². The molecule has 0 radical (unpaired) electrons. The first kappa shape index (κ1) is 10.2. The predicted molar refractivity (Wildman–Crippen MR) is 54.2 cm³/mol. The standard InChI is InChI=1S/C9H11N3O2/c1-3-7(2)11-9-6-8(12(13)14)4-5-10-9/h3-7H,1H2,2H3,(H,10,11). The summed E-state index contributed by atoms with van der Waals surface area (Å²) in [4.78, 5) is 13.9. The third-order valence-corrected chi connectivity index (χ3v) is 1.68. The van der Waals surface area contributed by atoms with Gasteiger partial charge in [-0.2, -0.15) is 0 Å². The van der Waals surface area contributed by atoms with Crippen LogP contribution in [0.3, 0.4) is 0 Å². The molecule has 1 rings (SSSR count). The van der Waals surface area contributed by atoms with Crippen LogP contribution in [-0.2, 0) is 0 Å². The Morgan fingerprint density at radius 1 is 1.79 bits per heavy atom. The van der Waals surface area contributed by atoms with Crippen LogP contribution in [0.5, 0.6) is 0 Å². The van der Waals surface area contributed by atoms with E-state index in [-0.39, 0.29) is 11.7 Å². The Morgan fingerprint density at radius 2 is 2.50 bits per heavy atom. The fraction of sp³-hybridized carbons (Fsp3) is 0.222. The summed E-state index contributed by atoms with van der Waals surface area (Å²) in [5.41, 5.74) is 0.0266. The van der Waals surface area contributed by atoms with Crippen molar-refractivity contribution < 1.29 is 4.92 Å². The van der Waals surface area contributed by atoms with Gasteiger partial charge in [0, 0.05) is 18.3 Å². The molecular formula is C9H11N3O2. The molecule has 5 nitrogen and oxygen atoms in total. The van der Waals surface area contributed by atoms with Crippen LogP contribution in [0, 0.1) is 10.1 Å². The number of nitrogens with zero attached hydrogens (tertiary/aromatic N) is 2. The molecule has 0 aliphatic carbocycles. The number of anilines is 1. The first-order valence-electron chi connectivity index (χ1n) is 4.13. The lowest BCUT2D eigenvalue weighted by Crippen LogP contribution is -2.12. The van der Waals surface area contributed by atoms with Crippen molar-refractivity contribution in [3.05, 3.63) is 41.1 Å². The van der Waals surface area contributed by atoms with E-state index in [9.17, 15) is 10.1 Å². The van der Waals surface area contributed by atoms with Gasteiger partial charge in [-0.1, -0.05) is 6.08 Å². The zero-order valence-electron chi connectivity index (χ0n) is 7.80. The van der Waals surface area contributed by atoms with E-state index >= 15 is 0 Å². The minimum atomic E-state index is -0.453. The van der Waals surface area contributed by atoms with Crippen LogP contribution >= 0.6 is 0 Å². The Kier molecular flexibility index (Phi) is 3.17. The molecule has 0 aromatic carbocycles. The summed E-state index contributed by atoms with van der Waals surface area (Å²) in [6.07, 6.45) is 3.09. The van der Waals surface area contributed by atoms with Gasteiger partial charge in [0.25, 0.3) is 5.69 Å². The Morgan fingerprint density at radius 3 is 3.07 bits per heavy atom. The molecule has 14 heavy (non-hydrogen) atoms. The van der Waals surface area contributed by atoms with Crippen molar-refractivity contribution in [1.82, 2.24) is 4.98 Å². The Bertz CT molecular complexity index is 352. The normalized spacial score (nSPS) is 11.8. The van der Waals surface area contributed by atoms with Crippen molar-refractivity contribution in [3.63, 3.8) is 0 Å². The molecule has 1 aromatic heterocycles. The highest BCUT2D eigenvalue weighted by molar-refractivity contribution is 5.45. The fourth-order valence-electron chi connectivity index (χ4n) is 0.904. The maximum atomic E-state index is 10.4. The molecule has 1 unspecified atom stereocenters. The molecule has 0 bridgehead atoms. The molecule has 1 N–H and O–H groups in total. The van der Waals surface area contributed by atoms with E-state index in [1.807, 2.05) is 6.92 Å². The fourth-order valence-corrected chi connectivity index (χ4v) is 0.904. The molecule has 0 aliphatic rings. The van der Waals surface area contributed by atoms with Gasteiger partial charge in [0.1, 0.15) is 5.82 Å². The molecular weight excluding hydrogens is 182 g/mol. The van der Waals surface area contributed by atoms with Gasteiger partial charge in [-0.25, -0.2) is 4.98 Å². The molecule has 1 aromatic rings. The van der Waals surface area contributed by atoms with E-state index in [4.69, 9.17) is 0 Å². The van der Waals surface area contributed by atoms with Crippen molar-refractivity contribution in [3.8, 4) is 0 Å². The molecule has 0 saturated carbocycles. The van der Waals surface area contributed by atoms with Crippen LogP contribution in [0.15, 0.2) is 31.0 Å². The number of nitro groups is 1. The third kappa shape index (κ3) is 2.55. The monoisotopic (exact) mass is 193 g/mol. The molecule has 1 atom stereocenters. The SMILES string of the molecule is C=CC(C)Nc1cc([N+](=O)[O-])ccn1. The molecule has 0 saturated heterocycles. The van der Waals surface area contributed by atoms with Gasteiger partial charge in [-0.05, 0) is 6.92 Å². The van der Waals surface area contributed by atoms with Crippen molar-refractivity contribution >= 4 is 11.5 Å². The topological polar surface area (TPSA) is 68.1 Å². The Hall–Kier alpha value is -1.91. The summed E-state index contributed by atoms with van der Waals surface area (Å²) in [5, 5.41) is 13.4. The van der Waals surface area contributed by atoms with Gasteiger partial charge in [-0.15, -0.1) is 6.58 Å². The van der Waals surface area contributed by atoms with Crippen LogP contribution < -0.4 is 5.32 Å². The van der Waals surface area contributed by atoms with E-state index in [2.05, 4.69) is 16.9 Å². The highest BCUT2D eigenvalue weighted by atomic mass is 16.6.